The fourth-order valence-corrected chi connectivity index (χ4v) is 2.63. The summed E-state index contributed by atoms with van der Waals surface area (Å²) >= 11 is 1.37. The van der Waals surface area contributed by atoms with Crippen LogP contribution >= 0.6 is 11.3 Å². The maximum atomic E-state index is 12.0. The third-order valence-corrected chi connectivity index (χ3v) is 3.69. The lowest BCUT2D eigenvalue weighted by Crippen LogP contribution is -2.32. The van der Waals surface area contributed by atoms with E-state index < -0.39 is 0 Å². The molecule has 2 rings (SSSR count). The van der Waals surface area contributed by atoms with Crippen LogP contribution in [0.5, 0.6) is 0 Å². The third kappa shape index (κ3) is 3.42. The van der Waals surface area contributed by atoms with Crippen molar-refractivity contribution in [3.63, 3.8) is 0 Å². The van der Waals surface area contributed by atoms with Gasteiger partial charge in [-0.15, -0.1) is 0 Å². The minimum absolute atomic E-state index is 0.0434. The number of aromatic nitrogens is 1. The monoisotopic (exact) mass is 279 g/mol. The van der Waals surface area contributed by atoms with Gasteiger partial charge in [-0.2, -0.15) is 0 Å². The Morgan fingerprint density at radius 1 is 1.58 bits per heavy atom. The van der Waals surface area contributed by atoms with Crippen molar-refractivity contribution < 1.29 is 9.90 Å². The Kier molecular flexibility index (Phi) is 4.34. The van der Waals surface area contributed by atoms with Gasteiger partial charge in [0, 0.05) is 18.2 Å². The molecule has 0 radical (unpaired) electrons. The number of rotatable bonds is 5. The Morgan fingerprint density at radius 3 is 3.11 bits per heavy atom. The maximum absolute atomic E-state index is 12.0. The Labute approximate surface area is 115 Å². The number of anilines is 1. The molecular weight excluding hydrogens is 262 g/mol. The van der Waals surface area contributed by atoms with Crippen molar-refractivity contribution in [2.75, 3.05) is 12.3 Å². The summed E-state index contributed by atoms with van der Waals surface area (Å²) in [5.74, 6) is -0.112. The lowest BCUT2D eigenvalue weighted by molar-refractivity contribution is 0.0936. The molecule has 1 aromatic heterocycles. The molecule has 1 amide bonds. The van der Waals surface area contributed by atoms with Crippen molar-refractivity contribution in [3.8, 4) is 0 Å². The van der Waals surface area contributed by atoms with E-state index in [1.54, 1.807) is 18.2 Å². The molecular formula is C13H17N3O2S. The van der Waals surface area contributed by atoms with Crippen LogP contribution in [0, 0.1) is 0 Å². The van der Waals surface area contributed by atoms with E-state index in [0.717, 1.165) is 16.6 Å². The summed E-state index contributed by atoms with van der Waals surface area (Å²) < 4.78 is 0.910. The number of nitrogens with one attached hydrogen (secondary N) is 1. The highest BCUT2D eigenvalue weighted by Gasteiger charge is 2.11. The summed E-state index contributed by atoms with van der Waals surface area (Å²) in [6, 6.07) is 5.39. The predicted molar refractivity (Wildman–Crippen MR) is 77.3 cm³/mol. The smallest absolute Gasteiger partial charge is 0.251 e. The first-order chi connectivity index (χ1) is 9.10. The zero-order valence-electron chi connectivity index (χ0n) is 10.7. The molecule has 0 aliphatic heterocycles. The van der Waals surface area contributed by atoms with Crippen LogP contribution in [-0.2, 0) is 0 Å². The number of amides is 1. The van der Waals surface area contributed by atoms with Gasteiger partial charge < -0.3 is 16.2 Å². The van der Waals surface area contributed by atoms with Crippen LogP contribution in [0.3, 0.4) is 0 Å². The van der Waals surface area contributed by atoms with Gasteiger partial charge in [-0.25, -0.2) is 4.98 Å². The van der Waals surface area contributed by atoms with Gasteiger partial charge in [-0.05, 0) is 38.0 Å². The van der Waals surface area contributed by atoms with E-state index in [1.165, 1.54) is 11.3 Å². The lowest BCUT2D eigenvalue weighted by Gasteiger charge is -2.13. The van der Waals surface area contributed by atoms with Gasteiger partial charge in [0.1, 0.15) is 0 Å². The minimum atomic E-state index is -0.112. The lowest BCUT2D eigenvalue weighted by atomic mass is 10.1. The summed E-state index contributed by atoms with van der Waals surface area (Å²) in [5, 5.41) is 12.2. The number of benzene rings is 1. The standard InChI is InChI=1S/C13H17N3O2S/c1-8(3-2-6-17)15-12(18)9-4-5-10-11(7-9)19-13(14)16-10/h4-5,7-8,17H,2-3,6H2,1H3,(H2,14,16)(H,15,18). The normalized spacial score (nSPS) is 12.5. The molecule has 0 aliphatic rings. The summed E-state index contributed by atoms with van der Waals surface area (Å²) in [4.78, 5) is 16.2. The minimum Gasteiger partial charge on any atom is -0.396 e. The summed E-state index contributed by atoms with van der Waals surface area (Å²) in [6.45, 7) is 2.07. The molecule has 1 aromatic carbocycles. The molecule has 0 spiro atoms. The molecule has 0 aliphatic carbocycles. The average molecular weight is 279 g/mol. The van der Waals surface area contributed by atoms with Crippen LogP contribution in [0.2, 0.25) is 0 Å². The second-order valence-electron chi connectivity index (χ2n) is 4.47. The molecule has 5 nitrogen and oxygen atoms in total. The average Bonchev–Trinajstić information content (AvgIpc) is 2.75. The summed E-state index contributed by atoms with van der Waals surface area (Å²) in [6.07, 6.45) is 1.45. The van der Waals surface area contributed by atoms with E-state index >= 15 is 0 Å². The van der Waals surface area contributed by atoms with Crippen LogP contribution in [0.15, 0.2) is 18.2 Å². The SMILES string of the molecule is CC(CCCO)NC(=O)c1ccc2nc(N)sc2c1. The summed E-state index contributed by atoms with van der Waals surface area (Å²) in [7, 11) is 0. The molecule has 6 heteroatoms. The van der Waals surface area contributed by atoms with Crippen LogP contribution < -0.4 is 11.1 Å². The highest BCUT2D eigenvalue weighted by molar-refractivity contribution is 7.22. The molecule has 2 aromatic rings. The van der Waals surface area contributed by atoms with Gasteiger partial charge in [0.15, 0.2) is 5.13 Å². The number of nitrogens with zero attached hydrogens (tertiary/aromatic N) is 1. The number of carbonyl (C=O) groups excluding carboxylic acids is 1. The molecule has 102 valence electrons. The van der Waals surface area contributed by atoms with E-state index in [9.17, 15) is 4.79 Å². The first-order valence-electron chi connectivity index (χ1n) is 6.18. The van der Waals surface area contributed by atoms with Gasteiger partial charge in [0.25, 0.3) is 5.91 Å². The van der Waals surface area contributed by atoms with Crippen molar-refractivity contribution >= 4 is 32.6 Å². The fraction of sp³-hybridized carbons (Fsp3) is 0.385. The van der Waals surface area contributed by atoms with Gasteiger partial charge in [0.05, 0.1) is 10.2 Å². The second-order valence-corrected chi connectivity index (χ2v) is 5.54. The highest BCUT2D eigenvalue weighted by Crippen LogP contribution is 2.24. The number of aliphatic hydroxyl groups excluding tert-OH is 1. The van der Waals surface area contributed by atoms with Gasteiger partial charge in [-0.1, -0.05) is 11.3 Å². The molecule has 4 N–H and O–H groups in total. The molecule has 0 saturated carbocycles. The predicted octanol–water partition coefficient (Wildman–Crippen LogP) is 1.77. The Bertz CT molecular complexity index is 582. The molecule has 1 heterocycles. The van der Waals surface area contributed by atoms with Gasteiger partial charge >= 0.3 is 0 Å². The largest absolute Gasteiger partial charge is 0.396 e. The molecule has 0 saturated heterocycles. The zero-order valence-corrected chi connectivity index (χ0v) is 11.5. The highest BCUT2D eigenvalue weighted by atomic mass is 32.1. The van der Waals surface area contributed by atoms with E-state index in [-0.39, 0.29) is 18.6 Å². The summed E-state index contributed by atoms with van der Waals surface area (Å²) in [5.41, 5.74) is 7.05. The van der Waals surface area contributed by atoms with E-state index in [4.69, 9.17) is 10.8 Å². The van der Waals surface area contributed by atoms with Gasteiger partial charge in [0.2, 0.25) is 0 Å². The van der Waals surface area contributed by atoms with Crippen LogP contribution in [0.1, 0.15) is 30.1 Å². The second kappa shape index (κ2) is 5.99. The number of fused-ring (bicyclic) bond motifs is 1. The topological polar surface area (TPSA) is 88.2 Å². The first-order valence-corrected chi connectivity index (χ1v) is 6.99. The van der Waals surface area contributed by atoms with E-state index in [1.807, 2.05) is 6.92 Å². The zero-order chi connectivity index (χ0) is 13.8. The number of hydrogen-bond acceptors (Lipinski definition) is 5. The molecule has 1 atom stereocenters. The van der Waals surface area contributed by atoms with Crippen molar-refractivity contribution in [1.82, 2.24) is 10.3 Å². The molecule has 19 heavy (non-hydrogen) atoms. The first kappa shape index (κ1) is 13.8. The van der Waals surface area contributed by atoms with E-state index in [0.29, 0.717) is 17.1 Å². The number of aliphatic hydroxyl groups is 1. The Hall–Kier alpha value is -1.66. The van der Waals surface area contributed by atoms with Crippen LogP contribution in [0.4, 0.5) is 5.13 Å². The molecule has 0 fully saturated rings. The number of carbonyl (C=O) groups is 1. The maximum Gasteiger partial charge on any atom is 0.251 e. The number of nitrogen functional groups attached to an aromatic ring is 1. The third-order valence-electron chi connectivity index (χ3n) is 2.84. The Balaban J connectivity index is 2.08. The fourth-order valence-electron chi connectivity index (χ4n) is 1.86. The van der Waals surface area contributed by atoms with Crippen molar-refractivity contribution in [2.45, 2.75) is 25.8 Å². The van der Waals surface area contributed by atoms with Crippen LogP contribution in [-0.4, -0.2) is 28.6 Å². The number of hydrogen-bond donors (Lipinski definition) is 3. The van der Waals surface area contributed by atoms with Crippen molar-refractivity contribution in [3.05, 3.63) is 23.8 Å². The van der Waals surface area contributed by atoms with Crippen molar-refractivity contribution in [1.29, 1.82) is 0 Å². The number of thiazole rings is 1. The molecule has 1 unspecified atom stereocenters. The van der Waals surface area contributed by atoms with Crippen LogP contribution in [0.25, 0.3) is 10.2 Å². The van der Waals surface area contributed by atoms with E-state index in [2.05, 4.69) is 10.3 Å². The Morgan fingerprint density at radius 2 is 2.37 bits per heavy atom. The van der Waals surface area contributed by atoms with Crippen molar-refractivity contribution in [2.24, 2.45) is 0 Å². The van der Waals surface area contributed by atoms with Gasteiger partial charge in [-0.3, -0.25) is 4.79 Å². The quantitative estimate of drug-likeness (QED) is 0.778. The molecule has 0 bridgehead atoms. The number of nitrogens with two attached hydrogens (primary N) is 1.